The van der Waals surface area contributed by atoms with Crippen molar-refractivity contribution >= 4 is 39.1 Å². The van der Waals surface area contributed by atoms with Crippen LogP contribution in [0.5, 0.6) is 11.5 Å². The molecule has 0 bridgehead atoms. The summed E-state index contributed by atoms with van der Waals surface area (Å²) in [5.74, 6) is -0.0323. The normalized spacial score (nSPS) is 15.2. The van der Waals surface area contributed by atoms with Crippen molar-refractivity contribution in [3.8, 4) is 11.5 Å². The number of hydrogen-bond acceptors (Lipinski definition) is 6. The van der Waals surface area contributed by atoms with Gasteiger partial charge in [-0.25, -0.2) is 12.7 Å². The van der Waals surface area contributed by atoms with E-state index in [-0.39, 0.29) is 28.4 Å². The van der Waals surface area contributed by atoms with E-state index >= 15 is 0 Å². The van der Waals surface area contributed by atoms with Gasteiger partial charge in [-0.05, 0) is 42.3 Å². The summed E-state index contributed by atoms with van der Waals surface area (Å²) in [4.78, 5) is 24.5. The average Bonchev–Trinajstić information content (AvgIpc) is 3.00. The first-order valence-corrected chi connectivity index (χ1v) is 11.1. The summed E-state index contributed by atoms with van der Waals surface area (Å²) in [5, 5.41) is 2.86. The van der Waals surface area contributed by atoms with E-state index in [1.54, 1.807) is 20.3 Å². The molecule has 0 aliphatic carbocycles. The van der Waals surface area contributed by atoms with Gasteiger partial charge in [-0.3, -0.25) is 9.59 Å². The van der Waals surface area contributed by atoms with Gasteiger partial charge in [0, 0.05) is 18.5 Å². The minimum atomic E-state index is -3.77. The molecule has 1 N–H and O–H groups in total. The van der Waals surface area contributed by atoms with Crippen LogP contribution in [0, 0.1) is 0 Å². The topological polar surface area (TPSA) is 102 Å². The van der Waals surface area contributed by atoms with Crippen LogP contribution in [0.1, 0.15) is 22.3 Å². The van der Waals surface area contributed by atoms with Crippen molar-refractivity contribution in [2.45, 2.75) is 12.8 Å². The number of anilines is 1. The number of nitrogens with zero attached hydrogens (tertiary/aromatic N) is 1. The molecular weight excluding hydrogens is 432 g/mol. The van der Waals surface area contributed by atoms with Gasteiger partial charge in [0.2, 0.25) is 15.9 Å². The average molecular weight is 453 g/mol. The van der Waals surface area contributed by atoms with Crippen LogP contribution in [0.25, 0.3) is 0 Å². The molecule has 160 valence electrons. The SMILES string of the molecule is COc1ccc(CCNC(=O)c2ccc(Cl)c(N3C(=O)CCS3(=O)=O)c2)cc1OC. The summed E-state index contributed by atoms with van der Waals surface area (Å²) in [6, 6.07) is 9.68. The monoisotopic (exact) mass is 452 g/mol. The fourth-order valence-electron chi connectivity index (χ4n) is 3.12. The van der Waals surface area contributed by atoms with Crippen molar-refractivity contribution in [3.63, 3.8) is 0 Å². The van der Waals surface area contributed by atoms with Gasteiger partial charge < -0.3 is 14.8 Å². The lowest BCUT2D eigenvalue weighted by Crippen LogP contribution is -2.30. The number of nitrogens with one attached hydrogen (secondary N) is 1. The van der Waals surface area contributed by atoms with Gasteiger partial charge in [0.15, 0.2) is 11.5 Å². The Hall–Kier alpha value is -2.78. The Morgan fingerprint density at radius 3 is 2.50 bits per heavy atom. The molecule has 0 saturated carbocycles. The fourth-order valence-corrected chi connectivity index (χ4v) is 4.84. The van der Waals surface area contributed by atoms with Gasteiger partial charge in [-0.15, -0.1) is 0 Å². The molecule has 2 amide bonds. The number of hydrogen-bond donors (Lipinski definition) is 1. The fraction of sp³-hybridized carbons (Fsp3) is 0.300. The lowest BCUT2D eigenvalue weighted by Gasteiger charge is -2.17. The molecule has 1 saturated heterocycles. The minimum Gasteiger partial charge on any atom is -0.493 e. The molecule has 30 heavy (non-hydrogen) atoms. The summed E-state index contributed by atoms with van der Waals surface area (Å²) in [6.45, 7) is 0.340. The molecule has 8 nitrogen and oxygen atoms in total. The Morgan fingerprint density at radius 2 is 1.87 bits per heavy atom. The minimum absolute atomic E-state index is 0.00768. The van der Waals surface area contributed by atoms with Crippen LogP contribution in [-0.2, 0) is 21.2 Å². The molecule has 3 rings (SSSR count). The van der Waals surface area contributed by atoms with Gasteiger partial charge in [0.1, 0.15) is 0 Å². The molecule has 1 fully saturated rings. The van der Waals surface area contributed by atoms with Gasteiger partial charge in [0.25, 0.3) is 5.91 Å². The number of methoxy groups -OCH3 is 2. The van der Waals surface area contributed by atoms with Gasteiger partial charge in [-0.1, -0.05) is 17.7 Å². The van der Waals surface area contributed by atoms with E-state index in [2.05, 4.69) is 5.32 Å². The lowest BCUT2D eigenvalue weighted by atomic mass is 10.1. The van der Waals surface area contributed by atoms with E-state index in [9.17, 15) is 18.0 Å². The van der Waals surface area contributed by atoms with Crippen LogP contribution in [0.3, 0.4) is 0 Å². The maximum Gasteiger partial charge on any atom is 0.251 e. The van der Waals surface area contributed by atoms with Crippen LogP contribution in [-0.4, -0.2) is 46.7 Å². The molecule has 0 radical (unpaired) electrons. The Balaban J connectivity index is 1.70. The Morgan fingerprint density at radius 1 is 1.13 bits per heavy atom. The largest absolute Gasteiger partial charge is 0.493 e. The zero-order chi connectivity index (χ0) is 21.9. The molecule has 2 aromatic carbocycles. The molecule has 0 aromatic heterocycles. The Labute approximate surface area is 179 Å². The number of rotatable bonds is 7. The van der Waals surface area contributed by atoms with Gasteiger partial charge >= 0.3 is 0 Å². The first kappa shape index (κ1) is 21.9. The van der Waals surface area contributed by atoms with E-state index in [1.807, 2.05) is 12.1 Å². The van der Waals surface area contributed by atoms with E-state index in [4.69, 9.17) is 21.1 Å². The zero-order valence-corrected chi connectivity index (χ0v) is 18.0. The van der Waals surface area contributed by atoms with Gasteiger partial charge in [-0.2, -0.15) is 0 Å². The molecule has 1 aliphatic heterocycles. The van der Waals surface area contributed by atoms with Crippen molar-refractivity contribution in [1.82, 2.24) is 5.32 Å². The zero-order valence-electron chi connectivity index (χ0n) is 16.5. The molecule has 2 aromatic rings. The van der Waals surface area contributed by atoms with Crippen LogP contribution >= 0.6 is 11.6 Å². The predicted molar refractivity (Wildman–Crippen MR) is 113 cm³/mol. The first-order valence-electron chi connectivity index (χ1n) is 9.11. The highest BCUT2D eigenvalue weighted by Crippen LogP contribution is 2.33. The molecule has 0 atom stereocenters. The Bertz CT molecular complexity index is 1090. The maximum atomic E-state index is 12.5. The summed E-state index contributed by atoms with van der Waals surface area (Å²) in [6.07, 6.45) is 0.436. The highest BCUT2D eigenvalue weighted by molar-refractivity contribution is 7.94. The molecule has 0 spiro atoms. The second-order valence-electron chi connectivity index (χ2n) is 6.59. The number of sulfonamides is 1. The molecule has 1 aliphatic rings. The third-order valence-electron chi connectivity index (χ3n) is 4.65. The van der Waals surface area contributed by atoms with Crippen molar-refractivity contribution in [3.05, 3.63) is 52.5 Å². The molecular formula is C20H21ClN2O6S. The quantitative estimate of drug-likeness (QED) is 0.692. The second kappa shape index (κ2) is 8.93. The number of ether oxygens (including phenoxy) is 2. The third-order valence-corrected chi connectivity index (χ3v) is 6.65. The summed E-state index contributed by atoms with van der Waals surface area (Å²) in [5.41, 5.74) is 1.14. The number of benzene rings is 2. The number of halogens is 1. The third kappa shape index (κ3) is 4.52. The van der Waals surface area contributed by atoms with E-state index < -0.39 is 21.8 Å². The molecule has 10 heteroatoms. The number of amides is 2. The maximum absolute atomic E-state index is 12.5. The summed E-state index contributed by atoms with van der Waals surface area (Å²) in [7, 11) is -0.671. The van der Waals surface area contributed by atoms with Crippen LogP contribution < -0.4 is 19.1 Å². The van der Waals surface area contributed by atoms with Gasteiger partial charge in [0.05, 0.1) is 30.7 Å². The van der Waals surface area contributed by atoms with E-state index in [0.717, 1.165) is 5.56 Å². The van der Waals surface area contributed by atoms with Crippen LogP contribution in [0.4, 0.5) is 5.69 Å². The van der Waals surface area contributed by atoms with E-state index in [0.29, 0.717) is 28.8 Å². The highest BCUT2D eigenvalue weighted by atomic mass is 35.5. The van der Waals surface area contributed by atoms with Crippen molar-refractivity contribution in [1.29, 1.82) is 0 Å². The van der Waals surface area contributed by atoms with E-state index in [1.165, 1.54) is 18.2 Å². The van der Waals surface area contributed by atoms with Crippen molar-refractivity contribution in [2.24, 2.45) is 0 Å². The highest BCUT2D eigenvalue weighted by Gasteiger charge is 2.37. The van der Waals surface area contributed by atoms with Crippen molar-refractivity contribution < 1.29 is 27.5 Å². The lowest BCUT2D eigenvalue weighted by molar-refractivity contribution is -0.116. The molecule has 0 unspecified atom stereocenters. The number of carbonyl (C=O) groups is 2. The smallest absolute Gasteiger partial charge is 0.251 e. The summed E-state index contributed by atoms with van der Waals surface area (Å²) < 4.78 is 35.5. The first-order chi connectivity index (χ1) is 14.3. The second-order valence-corrected chi connectivity index (χ2v) is 8.93. The Kier molecular flexibility index (Phi) is 6.52. The number of carbonyl (C=O) groups excluding carboxylic acids is 2. The van der Waals surface area contributed by atoms with Crippen LogP contribution in [0.15, 0.2) is 36.4 Å². The standard InChI is InChI=1S/C20H21ClN2O6S/c1-28-17-6-3-13(11-18(17)29-2)7-9-22-20(25)14-4-5-15(21)16(12-14)23-19(24)8-10-30(23,26)27/h3-6,11-12H,7-10H2,1-2H3,(H,22,25). The predicted octanol–water partition coefficient (Wildman–Crippen LogP) is 2.40. The van der Waals surface area contributed by atoms with Crippen LogP contribution in [0.2, 0.25) is 5.02 Å². The summed E-state index contributed by atoms with van der Waals surface area (Å²) >= 11 is 6.10. The van der Waals surface area contributed by atoms with Crippen molar-refractivity contribution in [2.75, 3.05) is 30.8 Å². The molecule has 1 heterocycles.